The van der Waals surface area contributed by atoms with E-state index >= 15 is 0 Å². The Morgan fingerprint density at radius 2 is 1.56 bits per heavy atom. The van der Waals surface area contributed by atoms with Crippen LogP contribution >= 0.6 is 0 Å². The smallest absolute Gasteiger partial charge is 0.409 e. The lowest BCUT2D eigenvalue weighted by Crippen LogP contribution is -1.98. The zero-order chi connectivity index (χ0) is 7.91. The van der Waals surface area contributed by atoms with Gasteiger partial charge in [0, 0.05) is 6.08 Å². The van der Waals surface area contributed by atoms with Gasteiger partial charge in [-0.15, -0.1) is 0 Å². The molecule has 0 bridgehead atoms. The van der Waals surface area contributed by atoms with Crippen molar-refractivity contribution < 1.29 is 23.1 Å². The molecule has 0 amide bonds. The lowest BCUT2D eigenvalue weighted by Gasteiger charge is -1.91. The SMILES string of the molecule is C=CC(F)(F)F.O=CO. The molecule has 0 fully saturated rings. The fourth-order valence-electron chi connectivity index (χ4n) is 0. The number of alkyl halides is 3. The fraction of sp³-hybridized carbons (Fsp3) is 0.250. The zero-order valence-corrected chi connectivity index (χ0v) is 4.35. The highest BCUT2D eigenvalue weighted by molar-refractivity contribution is 5.32. The van der Waals surface area contributed by atoms with Crippen LogP contribution in [0.15, 0.2) is 12.7 Å². The monoisotopic (exact) mass is 142 g/mol. The van der Waals surface area contributed by atoms with E-state index in [0.717, 1.165) is 0 Å². The minimum Gasteiger partial charge on any atom is -0.483 e. The van der Waals surface area contributed by atoms with E-state index in [2.05, 4.69) is 6.58 Å². The van der Waals surface area contributed by atoms with Gasteiger partial charge in [0.05, 0.1) is 0 Å². The van der Waals surface area contributed by atoms with Crippen LogP contribution in [-0.2, 0) is 4.79 Å². The predicted molar refractivity (Wildman–Crippen MR) is 24.9 cm³/mol. The van der Waals surface area contributed by atoms with E-state index in [9.17, 15) is 13.2 Å². The molecule has 9 heavy (non-hydrogen) atoms. The molecular weight excluding hydrogens is 137 g/mol. The minimum absolute atomic E-state index is 0.0625. The van der Waals surface area contributed by atoms with Crippen molar-refractivity contribution in [1.29, 1.82) is 0 Å². The van der Waals surface area contributed by atoms with Crippen molar-refractivity contribution in [2.24, 2.45) is 0 Å². The van der Waals surface area contributed by atoms with E-state index in [1.165, 1.54) is 0 Å². The summed E-state index contributed by atoms with van der Waals surface area (Å²) in [5, 5.41) is 6.89. The first-order valence-corrected chi connectivity index (χ1v) is 1.76. The number of rotatable bonds is 0. The minimum atomic E-state index is -4.19. The fourth-order valence-corrected chi connectivity index (χ4v) is 0. The Hall–Kier alpha value is -1.00. The maximum Gasteiger partial charge on any atom is 0.409 e. The van der Waals surface area contributed by atoms with E-state index in [0.29, 0.717) is 0 Å². The van der Waals surface area contributed by atoms with Crippen LogP contribution in [0.2, 0.25) is 0 Å². The van der Waals surface area contributed by atoms with Crippen LogP contribution < -0.4 is 0 Å². The molecule has 0 aromatic rings. The van der Waals surface area contributed by atoms with Gasteiger partial charge >= 0.3 is 6.18 Å². The molecule has 5 heteroatoms. The summed E-state index contributed by atoms with van der Waals surface area (Å²) in [4.78, 5) is 8.36. The molecule has 54 valence electrons. The highest BCUT2D eigenvalue weighted by Crippen LogP contribution is 2.13. The average Bonchev–Trinajstić information content (AvgIpc) is 1.67. The van der Waals surface area contributed by atoms with E-state index in [-0.39, 0.29) is 12.5 Å². The average molecular weight is 142 g/mol. The van der Waals surface area contributed by atoms with Crippen molar-refractivity contribution in [1.82, 2.24) is 0 Å². The molecule has 2 nitrogen and oxygen atoms in total. The Morgan fingerprint density at radius 1 is 1.44 bits per heavy atom. The summed E-state index contributed by atoms with van der Waals surface area (Å²) >= 11 is 0. The van der Waals surface area contributed by atoms with Crippen molar-refractivity contribution in [2.45, 2.75) is 6.18 Å². The normalized spacial score (nSPS) is 8.78. The Labute approximate surface area is 49.6 Å². The summed E-state index contributed by atoms with van der Waals surface area (Å²) in [6.07, 6.45) is -4.26. The quantitative estimate of drug-likeness (QED) is 0.410. The summed E-state index contributed by atoms with van der Waals surface area (Å²) in [5.41, 5.74) is 0. The van der Waals surface area contributed by atoms with Crippen LogP contribution in [0.3, 0.4) is 0 Å². The first-order chi connectivity index (χ1) is 3.97. The van der Waals surface area contributed by atoms with Gasteiger partial charge in [-0.1, -0.05) is 6.58 Å². The van der Waals surface area contributed by atoms with Crippen molar-refractivity contribution in [3.05, 3.63) is 12.7 Å². The number of allylic oxidation sites excluding steroid dienone is 1. The summed E-state index contributed by atoms with van der Waals surface area (Å²) in [6, 6.07) is 0. The van der Waals surface area contributed by atoms with E-state index in [1.807, 2.05) is 0 Å². The maximum absolute atomic E-state index is 10.7. The van der Waals surface area contributed by atoms with Crippen LogP contribution in [0.5, 0.6) is 0 Å². The summed E-state index contributed by atoms with van der Waals surface area (Å²) in [5.74, 6) is 0. The van der Waals surface area contributed by atoms with E-state index in [4.69, 9.17) is 9.90 Å². The van der Waals surface area contributed by atoms with Crippen molar-refractivity contribution in [3.8, 4) is 0 Å². The number of hydrogen-bond acceptors (Lipinski definition) is 1. The summed E-state index contributed by atoms with van der Waals surface area (Å²) in [6.45, 7) is 2.26. The van der Waals surface area contributed by atoms with Gasteiger partial charge in [-0.3, -0.25) is 4.79 Å². The molecule has 0 aromatic carbocycles. The van der Waals surface area contributed by atoms with Crippen LogP contribution in [0.1, 0.15) is 0 Å². The van der Waals surface area contributed by atoms with Crippen LogP contribution in [0.25, 0.3) is 0 Å². The lowest BCUT2D eigenvalue weighted by atomic mass is 10.6. The second-order valence-electron chi connectivity index (χ2n) is 0.851. The number of carboxylic acid groups (broad SMARTS) is 1. The van der Waals surface area contributed by atoms with Gasteiger partial charge in [0.25, 0.3) is 6.47 Å². The highest BCUT2D eigenvalue weighted by Gasteiger charge is 2.19. The molecule has 0 atom stereocenters. The van der Waals surface area contributed by atoms with Gasteiger partial charge in [0.2, 0.25) is 0 Å². The first-order valence-electron chi connectivity index (χ1n) is 1.76. The number of carbonyl (C=O) groups is 1. The van der Waals surface area contributed by atoms with Gasteiger partial charge in [-0.25, -0.2) is 0 Å². The third kappa shape index (κ3) is 43.8. The maximum atomic E-state index is 10.7. The van der Waals surface area contributed by atoms with Gasteiger partial charge in [0.15, 0.2) is 0 Å². The molecule has 0 saturated carbocycles. The molecular formula is C4H5F3O2. The van der Waals surface area contributed by atoms with Crippen LogP contribution in [-0.4, -0.2) is 17.8 Å². The first kappa shape index (κ1) is 10.9. The largest absolute Gasteiger partial charge is 0.483 e. The number of halogens is 3. The van der Waals surface area contributed by atoms with Crippen LogP contribution in [0, 0.1) is 0 Å². The van der Waals surface area contributed by atoms with Crippen molar-refractivity contribution >= 4 is 6.47 Å². The van der Waals surface area contributed by atoms with Gasteiger partial charge in [-0.05, 0) is 0 Å². The lowest BCUT2D eigenvalue weighted by molar-refractivity contribution is -0.122. The molecule has 0 unspecified atom stereocenters. The molecule has 0 saturated heterocycles. The molecule has 0 rings (SSSR count). The standard InChI is InChI=1S/C3H3F3.CH2O2/c1-2-3(4,5)6;2-1-3/h2H,1H2;1H,(H,2,3). The van der Waals surface area contributed by atoms with Crippen LogP contribution in [0.4, 0.5) is 13.2 Å². The van der Waals surface area contributed by atoms with Gasteiger partial charge in [-0.2, -0.15) is 13.2 Å². The summed E-state index contributed by atoms with van der Waals surface area (Å²) in [7, 11) is 0. The Balaban J connectivity index is 0. The highest BCUT2D eigenvalue weighted by atomic mass is 19.4. The second-order valence-corrected chi connectivity index (χ2v) is 0.851. The molecule has 0 heterocycles. The Kier molecular flexibility index (Phi) is 6.22. The van der Waals surface area contributed by atoms with E-state index < -0.39 is 6.18 Å². The second kappa shape index (κ2) is 5.14. The number of hydrogen-bond donors (Lipinski definition) is 1. The third-order valence-electron chi connectivity index (χ3n) is 0.231. The molecule has 0 radical (unpaired) electrons. The predicted octanol–water partition coefficient (Wildman–Crippen LogP) is 1.44. The third-order valence-corrected chi connectivity index (χ3v) is 0.231. The van der Waals surface area contributed by atoms with Gasteiger partial charge in [0.1, 0.15) is 0 Å². The molecule has 0 aliphatic heterocycles. The van der Waals surface area contributed by atoms with Crippen molar-refractivity contribution in [2.75, 3.05) is 0 Å². The Bertz CT molecular complexity index is 86.3. The zero-order valence-electron chi connectivity index (χ0n) is 4.35. The molecule has 0 aliphatic rings. The Morgan fingerprint density at radius 3 is 1.56 bits per heavy atom. The molecule has 0 aromatic heterocycles. The van der Waals surface area contributed by atoms with Crippen molar-refractivity contribution in [3.63, 3.8) is 0 Å². The van der Waals surface area contributed by atoms with Gasteiger partial charge < -0.3 is 5.11 Å². The molecule has 0 aliphatic carbocycles. The summed E-state index contributed by atoms with van der Waals surface area (Å²) < 4.78 is 32.0. The van der Waals surface area contributed by atoms with E-state index in [1.54, 1.807) is 0 Å². The topological polar surface area (TPSA) is 37.3 Å². The molecule has 1 N–H and O–H groups in total. The molecule has 0 spiro atoms.